The molecule has 0 fully saturated rings. The van der Waals surface area contributed by atoms with E-state index in [1.54, 1.807) is 31.2 Å². The van der Waals surface area contributed by atoms with Crippen molar-refractivity contribution in [1.82, 2.24) is 0 Å². The van der Waals surface area contributed by atoms with Gasteiger partial charge in [-0.15, -0.1) is 0 Å². The van der Waals surface area contributed by atoms with Gasteiger partial charge in [-0.25, -0.2) is 0 Å². The van der Waals surface area contributed by atoms with E-state index in [1.807, 2.05) is 30.3 Å². The third-order valence-electron chi connectivity index (χ3n) is 4.00. The number of primary amides is 1. The van der Waals surface area contributed by atoms with Gasteiger partial charge in [-0.2, -0.15) is 0 Å². The number of carbonyl (C=O) groups is 2. The predicted molar refractivity (Wildman–Crippen MR) is 93.6 cm³/mol. The smallest absolute Gasteiger partial charge is 0.271 e. The number of benzene rings is 2. The lowest BCUT2D eigenvalue weighted by atomic mass is 10.1. The summed E-state index contributed by atoms with van der Waals surface area (Å²) < 4.78 is 11.7. The van der Waals surface area contributed by atoms with Gasteiger partial charge in [-0.05, 0) is 31.2 Å². The van der Waals surface area contributed by atoms with Gasteiger partial charge in [0.2, 0.25) is 12.0 Å². The van der Waals surface area contributed by atoms with Crippen molar-refractivity contribution in [3.05, 3.63) is 54.6 Å². The summed E-state index contributed by atoms with van der Waals surface area (Å²) in [6, 6.07) is 16.4. The summed E-state index contributed by atoms with van der Waals surface area (Å²) in [4.78, 5) is 25.8. The molecule has 0 radical (unpaired) electrons. The molecule has 2 N–H and O–H groups in total. The zero-order valence-electron chi connectivity index (χ0n) is 13.9. The summed E-state index contributed by atoms with van der Waals surface area (Å²) in [6.45, 7) is 1.97. The van der Waals surface area contributed by atoms with Crippen LogP contribution < -0.4 is 20.1 Å². The molecule has 2 amide bonds. The molecule has 6 nitrogen and oxygen atoms in total. The average Bonchev–Trinajstić information content (AvgIpc) is 2.61. The summed E-state index contributed by atoms with van der Waals surface area (Å²) in [5.41, 5.74) is 5.94. The minimum atomic E-state index is -0.803. The Morgan fingerprint density at radius 2 is 1.60 bits per heavy atom. The normalized spacial score (nSPS) is 18.4. The van der Waals surface area contributed by atoms with Gasteiger partial charge in [0.25, 0.3) is 5.91 Å². The Hall–Kier alpha value is -3.02. The molecule has 2 atom stereocenters. The first-order valence-corrected chi connectivity index (χ1v) is 8.13. The third kappa shape index (κ3) is 3.74. The molecule has 0 spiro atoms. The van der Waals surface area contributed by atoms with Crippen LogP contribution in [0.5, 0.6) is 11.5 Å². The molecule has 6 heteroatoms. The van der Waals surface area contributed by atoms with Gasteiger partial charge >= 0.3 is 0 Å². The Morgan fingerprint density at radius 1 is 1.00 bits per heavy atom. The third-order valence-corrected chi connectivity index (χ3v) is 4.00. The zero-order valence-corrected chi connectivity index (χ0v) is 13.9. The number of nitrogens with two attached hydrogens (primary N) is 1. The SMILES string of the molecule is C[C@@H]1Oc2ccccc2O[C@H]1C(=O)N(CCC(N)=O)c1ccccc1. The Labute approximate surface area is 146 Å². The molecule has 0 saturated carbocycles. The molecule has 130 valence electrons. The molecular weight excluding hydrogens is 320 g/mol. The molecule has 0 bridgehead atoms. The van der Waals surface area contributed by atoms with Crippen LogP contribution in [-0.4, -0.2) is 30.6 Å². The molecule has 3 rings (SSSR count). The summed E-state index contributed by atoms with van der Waals surface area (Å²) in [5.74, 6) is 0.409. The lowest BCUT2D eigenvalue weighted by molar-refractivity contribution is -0.130. The highest BCUT2D eigenvalue weighted by Crippen LogP contribution is 2.34. The lowest BCUT2D eigenvalue weighted by Crippen LogP contribution is -2.51. The minimum absolute atomic E-state index is 0.0686. The number of nitrogens with zero attached hydrogens (tertiary/aromatic N) is 1. The van der Waals surface area contributed by atoms with Crippen molar-refractivity contribution in [3.63, 3.8) is 0 Å². The highest BCUT2D eigenvalue weighted by atomic mass is 16.6. The van der Waals surface area contributed by atoms with Crippen molar-refractivity contribution in [2.45, 2.75) is 25.6 Å². The van der Waals surface area contributed by atoms with Crippen LogP contribution in [-0.2, 0) is 9.59 Å². The van der Waals surface area contributed by atoms with Crippen LogP contribution >= 0.6 is 0 Å². The monoisotopic (exact) mass is 340 g/mol. The van der Waals surface area contributed by atoms with Gasteiger partial charge in [-0.1, -0.05) is 30.3 Å². The standard InChI is InChI=1S/C19H20N2O4/c1-13-18(25-16-10-6-5-9-15(16)24-13)19(23)21(12-11-17(20)22)14-7-3-2-4-8-14/h2-10,13,18H,11-12H2,1H3,(H2,20,22)/t13-,18+/m0/s1. The van der Waals surface area contributed by atoms with Crippen LogP contribution in [0.3, 0.4) is 0 Å². The Kier molecular flexibility index (Phi) is 4.88. The summed E-state index contributed by atoms with van der Waals surface area (Å²) in [7, 11) is 0. The fraction of sp³-hybridized carbons (Fsp3) is 0.263. The summed E-state index contributed by atoms with van der Waals surface area (Å²) in [6.07, 6.45) is -1.19. The van der Waals surface area contributed by atoms with E-state index in [4.69, 9.17) is 15.2 Å². The quantitative estimate of drug-likeness (QED) is 0.904. The van der Waals surface area contributed by atoms with E-state index < -0.39 is 18.1 Å². The molecule has 1 aliphatic heterocycles. The lowest BCUT2D eigenvalue weighted by Gasteiger charge is -2.34. The maximum atomic E-state index is 13.1. The fourth-order valence-electron chi connectivity index (χ4n) is 2.74. The van der Waals surface area contributed by atoms with Crippen LogP contribution in [0, 0.1) is 0 Å². The molecule has 2 aromatic rings. The second-order valence-electron chi connectivity index (χ2n) is 5.85. The van der Waals surface area contributed by atoms with E-state index >= 15 is 0 Å². The number of para-hydroxylation sites is 3. The molecule has 0 aromatic heterocycles. The minimum Gasteiger partial charge on any atom is -0.482 e. The molecule has 1 heterocycles. The van der Waals surface area contributed by atoms with E-state index in [0.29, 0.717) is 17.2 Å². The van der Waals surface area contributed by atoms with Crippen molar-refractivity contribution in [3.8, 4) is 11.5 Å². The van der Waals surface area contributed by atoms with Gasteiger partial charge in [-0.3, -0.25) is 9.59 Å². The van der Waals surface area contributed by atoms with Crippen molar-refractivity contribution < 1.29 is 19.1 Å². The van der Waals surface area contributed by atoms with Crippen LogP contribution in [0.1, 0.15) is 13.3 Å². The topological polar surface area (TPSA) is 81.9 Å². The maximum Gasteiger partial charge on any atom is 0.271 e. The van der Waals surface area contributed by atoms with E-state index in [1.165, 1.54) is 4.90 Å². The molecule has 0 saturated heterocycles. The number of amides is 2. The van der Waals surface area contributed by atoms with E-state index in [0.717, 1.165) is 0 Å². The van der Waals surface area contributed by atoms with E-state index in [9.17, 15) is 9.59 Å². The van der Waals surface area contributed by atoms with Gasteiger partial charge in [0.15, 0.2) is 11.5 Å². The zero-order chi connectivity index (χ0) is 17.8. The van der Waals surface area contributed by atoms with E-state index in [2.05, 4.69) is 0 Å². The first-order valence-electron chi connectivity index (χ1n) is 8.13. The highest BCUT2D eigenvalue weighted by molar-refractivity contribution is 5.98. The average molecular weight is 340 g/mol. The van der Waals surface area contributed by atoms with Crippen molar-refractivity contribution >= 4 is 17.5 Å². The van der Waals surface area contributed by atoms with Gasteiger partial charge in [0.1, 0.15) is 6.10 Å². The van der Waals surface area contributed by atoms with Crippen molar-refractivity contribution in [1.29, 1.82) is 0 Å². The first kappa shape index (κ1) is 16.8. The molecule has 0 aliphatic carbocycles. The number of fused-ring (bicyclic) bond motifs is 1. The molecule has 0 unspecified atom stereocenters. The number of hydrogen-bond donors (Lipinski definition) is 1. The number of rotatable bonds is 5. The number of carbonyl (C=O) groups excluding carboxylic acids is 2. The molecule has 2 aromatic carbocycles. The van der Waals surface area contributed by atoms with Crippen molar-refractivity contribution in [2.75, 3.05) is 11.4 Å². The van der Waals surface area contributed by atoms with Crippen LogP contribution in [0.25, 0.3) is 0 Å². The molecular formula is C19H20N2O4. The Balaban J connectivity index is 1.85. The molecule has 1 aliphatic rings. The maximum absolute atomic E-state index is 13.1. The van der Waals surface area contributed by atoms with Crippen LogP contribution in [0.15, 0.2) is 54.6 Å². The predicted octanol–water partition coefficient (Wildman–Crippen LogP) is 2.12. The second-order valence-corrected chi connectivity index (χ2v) is 5.85. The highest BCUT2D eigenvalue weighted by Gasteiger charge is 2.37. The first-order chi connectivity index (χ1) is 12.1. The van der Waals surface area contributed by atoms with Crippen LogP contribution in [0.4, 0.5) is 5.69 Å². The summed E-state index contributed by atoms with van der Waals surface area (Å²) in [5, 5.41) is 0. The van der Waals surface area contributed by atoms with Gasteiger partial charge in [0.05, 0.1) is 0 Å². The fourth-order valence-corrected chi connectivity index (χ4v) is 2.74. The number of hydrogen-bond acceptors (Lipinski definition) is 4. The largest absolute Gasteiger partial charge is 0.482 e. The Bertz CT molecular complexity index is 763. The number of anilines is 1. The van der Waals surface area contributed by atoms with Gasteiger partial charge in [0, 0.05) is 18.7 Å². The molecule has 25 heavy (non-hydrogen) atoms. The van der Waals surface area contributed by atoms with Gasteiger partial charge < -0.3 is 20.1 Å². The van der Waals surface area contributed by atoms with Crippen LogP contribution in [0.2, 0.25) is 0 Å². The van der Waals surface area contributed by atoms with E-state index in [-0.39, 0.29) is 18.9 Å². The summed E-state index contributed by atoms with van der Waals surface area (Å²) >= 11 is 0. The number of ether oxygens (including phenoxy) is 2. The van der Waals surface area contributed by atoms with Crippen molar-refractivity contribution in [2.24, 2.45) is 5.73 Å². The second kappa shape index (κ2) is 7.25. The Morgan fingerprint density at radius 3 is 2.24 bits per heavy atom.